The van der Waals surface area contributed by atoms with Crippen LogP contribution in [0.2, 0.25) is 0 Å². The van der Waals surface area contributed by atoms with Gasteiger partial charge in [-0.1, -0.05) is 24.3 Å². The molecule has 1 aliphatic rings. The number of anilines is 1. The smallest absolute Gasteiger partial charge is 0.340 e. The highest BCUT2D eigenvalue weighted by molar-refractivity contribution is 5.97. The lowest BCUT2D eigenvalue weighted by Crippen LogP contribution is -2.16. The van der Waals surface area contributed by atoms with Gasteiger partial charge in [0.15, 0.2) is 0 Å². The second-order valence-electron chi connectivity index (χ2n) is 5.24. The number of aliphatic hydroxyl groups excluding tert-OH is 1. The summed E-state index contributed by atoms with van der Waals surface area (Å²) in [5, 5.41) is 19.7. The Hall–Kier alpha value is -2.27. The van der Waals surface area contributed by atoms with E-state index in [0.29, 0.717) is 12.0 Å². The van der Waals surface area contributed by atoms with Gasteiger partial charge >= 0.3 is 5.97 Å². The standard InChI is InChI=1S/C17H21NO4/c18-15-11-14(20)10-12-9-13(19)7-5-3-1-2-4-6-8-22-17(21)16(12)15/h2,4-5,7,10-11,13,19-20H,1,3,6,8-9,18H2/b4-2+,7-5+. The molecule has 0 amide bonds. The summed E-state index contributed by atoms with van der Waals surface area (Å²) in [7, 11) is 0. The molecule has 22 heavy (non-hydrogen) atoms. The zero-order valence-electron chi connectivity index (χ0n) is 12.4. The van der Waals surface area contributed by atoms with Crippen LogP contribution in [0.15, 0.2) is 36.4 Å². The molecule has 0 aliphatic carbocycles. The quantitative estimate of drug-likeness (QED) is 0.388. The SMILES string of the molecule is Nc1cc(O)cc2c1C(=O)OCC/C=C/CC/C=C/C(O)C2. The van der Waals surface area contributed by atoms with Crippen molar-refractivity contribution in [1.82, 2.24) is 0 Å². The van der Waals surface area contributed by atoms with Crippen LogP contribution in [0.25, 0.3) is 0 Å². The summed E-state index contributed by atoms with van der Waals surface area (Å²) < 4.78 is 5.22. The number of rotatable bonds is 0. The molecule has 5 heteroatoms. The zero-order valence-corrected chi connectivity index (χ0v) is 12.4. The lowest BCUT2D eigenvalue weighted by Gasteiger charge is -2.14. The lowest BCUT2D eigenvalue weighted by atomic mass is 9.99. The van der Waals surface area contributed by atoms with Gasteiger partial charge in [-0.05, 0) is 30.9 Å². The first-order valence-electron chi connectivity index (χ1n) is 7.36. The molecule has 1 heterocycles. The van der Waals surface area contributed by atoms with Crippen molar-refractivity contribution < 1.29 is 19.7 Å². The molecule has 5 nitrogen and oxygen atoms in total. The van der Waals surface area contributed by atoms with E-state index in [9.17, 15) is 15.0 Å². The number of aromatic hydroxyl groups is 1. The summed E-state index contributed by atoms with van der Waals surface area (Å²) in [5.41, 5.74) is 6.68. The molecule has 1 aliphatic heterocycles. The van der Waals surface area contributed by atoms with Gasteiger partial charge in [-0.25, -0.2) is 4.79 Å². The number of allylic oxidation sites excluding steroid dienone is 2. The predicted molar refractivity (Wildman–Crippen MR) is 84.6 cm³/mol. The number of esters is 1. The highest BCUT2D eigenvalue weighted by Gasteiger charge is 2.19. The molecule has 0 aromatic heterocycles. The van der Waals surface area contributed by atoms with Crippen molar-refractivity contribution in [2.24, 2.45) is 0 Å². The Morgan fingerprint density at radius 1 is 1.14 bits per heavy atom. The maximum Gasteiger partial charge on any atom is 0.340 e. The minimum absolute atomic E-state index is 0.0377. The zero-order chi connectivity index (χ0) is 15.9. The second kappa shape index (κ2) is 7.66. The number of hydrogen-bond acceptors (Lipinski definition) is 5. The average Bonchev–Trinajstić information content (AvgIpc) is 2.44. The highest BCUT2D eigenvalue weighted by Crippen LogP contribution is 2.26. The fourth-order valence-corrected chi connectivity index (χ4v) is 2.39. The fourth-order valence-electron chi connectivity index (χ4n) is 2.39. The maximum absolute atomic E-state index is 12.2. The van der Waals surface area contributed by atoms with E-state index >= 15 is 0 Å². The van der Waals surface area contributed by atoms with E-state index in [4.69, 9.17) is 10.5 Å². The first-order chi connectivity index (χ1) is 10.6. The normalized spacial score (nSPS) is 23.0. The van der Waals surface area contributed by atoms with E-state index in [1.807, 2.05) is 18.2 Å². The van der Waals surface area contributed by atoms with Crippen LogP contribution in [0.4, 0.5) is 5.69 Å². The van der Waals surface area contributed by atoms with Gasteiger partial charge in [-0.2, -0.15) is 0 Å². The van der Waals surface area contributed by atoms with E-state index in [0.717, 1.165) is 12.8 Å². The summed E-state index contributed by atoms with van der Waals surface area (Å²) in [5.74, 6) is -0.571. The predicted octanol–water partition coefficient (Wildman–Crippen LogP) is 2.33. The van der Waals surface area contributed by atoms with Gasteiger partial charge < -0.3 is 20.7 Å². The van der Waals surface area contributed by atoms with Crippen molar-refractivity contribution >= 4 is 11.7 Å². The van der Waals surface area contributed by atoms with Crippen LogP contribution in [-0.4, -0.2) is 28.9 Å². The second-order valence-corrected chi connectivity index (χ2v) is 5.24. The maximum atomic E-state index is 12.2. The number of aliphatic hydroxyl groups is 1. The summed E-state index contributed by atoms with van der Waals surface area (Å²) >= 11 is 0. The minimum Gasteiger partial charge on any atom is -0.508 e. The van der Waals surface area contributed by atoms with Crippen molar-refractivity contribution in [3.63, 3.8) is 0 Å². The Morgan fingerprint density at radius 3 is 2.68 bits per heavy atom. The first kappa shape index (κ1) is 16.1. The van der Waals surface area contributed by atoms with Crippen molar-refractivity contribution in [3.05, 3.63) is 47.6 Å². The van der Waals surface area contributed by atoms with Crippen molar-refractivity contribution in [3.8, 4) is 5.75 Å². The lowest BCUT2D eigenvalue weighted by molar-refractivity contribution is 0.0511. The summed E-state index contributed by atoms with van der Waals surface area (Å²) in [4.78, 5) is 12.2. The molecular weight excluding hydrogens is 282 g/mol. The number of ether oxygens (including phenoxy) is 1. The molecule has 0 spiro atoms. The van der Waals surface area contributed by atoms with Crippen LogP contribution < -0.4 is 5.73 Å². The molecule has 1 atom stereocenters. The van der Waals surface area contributed by atoms with E-state index in [-0.39, 0.29) is 30.0 Å². The molecular formula is C17H21NO4. The van der Waals surface area contributed by atoms with Gasteiger partial charge in [0.1, 0.15) is 5.75 Å². The van der Waals surface area contributed by atoms with Gasteiger partial charge in [0.25, 0.3) is 0 Å². The molecule has 118 valence electrons. The van der Waals surface area contributed by atoms with Crippen molar-refractivity contribution in [2.75, 3.05) is 12.3 Å². The number of phenolic OH excluding ortho intramolecular Hbond substituents is 1. The van der Waals surface area contributed by atoms with Gasteiger partial charge in [-0.15, -0.1) is 0 Å². The number of fused-ring (bicyclic) bond motifs is 1. The number of carbonyl (C=O) groups is 1. The number of nitrogen functional groups attached to an aromatic ring is 1. The van der Waals surface area contributed by atoms with Crippen LogP contribution in [0.5, 0.6) is 5.75 Å². The molecule has 1 unspecified atom stereocenters. The summed E-state index contributed by atoms with van der Waals surface area (Å²) in [6, 6.07) is 2.75. The van der Waals surface area contributed by atoms with Gasteiger partial charge in [0.2, 0.25) is 0 Å². The Morgan fingerprint density at radius 2 is 1.86 bits per heavy atom. The number of carbonyl (C=O) groups excluding carboxylic acids is 1. The Bertz CT molecular complexity index is 593. The van der Waals surface area contributed by atoms with E-state index in [1.165, 1.54) is 12.1 Å². The van der Waals surface area contributed by atoms with Crippen LogP contribution in [0.3, 0.4) is 0 Å². The Labute approximate surface area is 129 Å². The van der Waals surface area contributed by atoms with Gasteiger partial charge in [0, 0.05) is 12.5 Å². The number of nitrogens with two attached hydrogens (primary N) is 1. The number of benzene rings is 1. The molecule has 4 N–H and O–H groups in total. The number of cyclic esters (lactones) is 1. The van der Waals surface area contributed by atoms with Crippen LogP contribution >= 0.6 is 0 Å². The topological polar surface area (TPSA) is 92.8 Å². The summed E-state index contributed by atoms with van der Waals surface area (Å²) in [6.45, 7) is 0.271. The summed E-state index contributed by atoms with van der Waals surface area (Å²) in [6.07, 6.45) is 9.38. The monoisotopic (exact) mass is 303 g/mol. The highest BCUT2D eigenvalue weighted by atomic mass is 16.5. The molecule has 1 aromatic carbocycles. The van der Waals surface area contributed by atoms with E-state index in [1.54, 1.807) is 6.08 Å². The average molecular weight is 303 g/mol. The van der Waals surface area contributed by atoms with Crippen LogP contribution in [-0.2, 0) is 11.2 Å². The van der Waals surface area contributed by atoms with Gasteiger partial charge in [0.05, 0.1) is 24.0 Å². The first-order valence-corrected chi connectivity index (χ1v) is 7.36. The van der Waals surface area contributed by atoms with Gasteiger partial charge in [-0.3, -0.25) is 0 Å². The third-order valence-corrected chi connectivity index (χ3v) is 3.41. The molecule has 0 saturated carbocycles. The molecule has 0 saturated heterocycles. The third kappa shape index (κ3) is 4.36. The van der Waals surface area contributed by atoms with E-state index in [2.05, 4.69) is 0 Å². The molecule has 0 radical (unpaired) electrons. The molecule has 0 fully saturated rings. The minimum atomic E-state index is -0.750. The number of phenols is 1. The molecule has 2 rings (SSSR count). The van der Waals surface area contributed by atoms with Crippen molar-refractivity contribution in [1.29, 1.82) is 0 Å². The van der Waals surface area contributed by atoms with Crippen LogP contribution in [0, 0.1) is 0 Å². The Kier molecular flexibility index (Phi) is 5.61. The molecule has 0 bridgehead atoms. The number of hydrogen-bond donors (Lipinski definition) is 3. The van der Waals surface area contributed by atoms with Crippen molar-refractivity contribution in [2.45, 2.75) is 31.8 Å². The van der Waals surface area contributed by atoms with Crippen LogP contribution in [0.1, 0.15) is 35.2 Å². The molecule has 1 aromatic rings. The fraction of sp³-hybridized carbons (Fsp3) is 0.353. The largest absolute Gasteiger partial charge is 0.508 e. The third-order valence-electron chi connectivity index (χ3n) is 3.41. The van der Waals surface area contributed by atoms with E-state index < -0.39 is 12.1 Å². The Balaban J connectivity index is 2.34.